The maximum Gasteiger partial charge on any atom is 0.419 e. The van der Waals surface area contributed by atoms with E-state index in [1.54, 1.807) is 18.2 Å². The molecule has 0 atom stereocenters. The normalized spacial score (nSPS) is 12.0. The molecule has 0 saturated carbocycles. The summed E-state index contributed by atoms with van der Waals surface area (Å²) in [5, 5.41) is 0. The van der Waals surface area contributed by atoms with Crippen molar-refractivity contribution in [1.82, 2.24) is 9.29 Å². The van der Waals surface area contributed by atoms with Crippen LogP contribution in [0.3, 0.4) is 0 Å². The van der Waals surface area contributed by atoms with Gasteiger partial charge in [-0.15, -0.1) is 0 Å². The van der Waals surface area contributed by atoms with Gasteiger partial charge in [0.05, 0.1) is 23.2 Å². The monoisotopic (exact) mass is 322 g/mol. The average Bonchev–Trinajstić information content (AvgIpc) is 3.10. The molecule has 116 valence electrons. The first-order valence-electron chi connectivity index (χ1n) is 6.66. The number of oxazole rings is 1. The number of aryl methyl sites for hydroxylation is 1. The molecule has 0 amide bonds. The number of sulfonamides is 1. The van der Waals surface area contributed by atoms with Crippen LogP contribution < -0.4 is 10.5 Å². The summed E-state index contributed by atoms with van der Waals surface area (Å²) in [6.07, 6.45) is 1.47. The Labute approximate surface area is 126 Å². The molecule has 0 aliphatic heterocycles. The molecule has 3 aromatic rings. The maximum atomic E-state index is 12.3. The summed E-state index contributed by atoms with van der Waals surface area (Å²) in [6.45, 7) is 2.31. The van der Waals surface area contributed by atoms with Crippen LogP contribution >= 0.6 is 0 Å². The number of hydrogen-bond donors (Lipinski definition) is 1. The zero-order valence-electron chi connectivity index (χ0n) is 11.8. The van der Waals surface area contributed by atoms with E-state index in [0.717, 1.165) is 0 Å². The van der Waals surface area contributed by atoms with Crippen LogP contribution in [0.1, 0.15) is 12.7 Å². The van der Waals surface area contributed by atoms with E-state index in [-0.39, 0.29) is 17.0 Å². The van der Waals surface area contributed by atoms with Gasteiger partial charge in [-0.25, -0.2) is 17.9 Å². The molecule has 0 aliphatic rings. The van der Waals surface area contributed by atoms with Crippen LogP contribution in [0.4, 0.5) is 0 Å². The first kappa shape index (κ1) is 14.6. The molecule has 0 saturated heterocycles. The van der Waals surface area contributed by atoms with Crippen LogP contribution in [-0.4, -0.2) is 13.0 Å². The molecule has 0 bridgehead atoms. The fourth-order valence-electron chi connectivity index (χ4n) is 2.18. The fraction of sp³-hybridized carbons (Fsp3) is 0.214. The molecule has 2 aromatic heterocycles. The topological polar surface area (TPSA) is 94.5 Å². The van der Waals surface area contributed by atoms with E-state index < -0.39 is 15.8 Å². The predicted octanol–water partition coefficient (Wildman–Crippen LogP) is 1.69. The van der Waals surface area contributed by atoms with Crippen LogP contribution in [0, 0.1) is 0 Å². The summed E-state index contributed by atoms with van der Waals surface area (Å²) in [5.74, 6) is 0.00362. The van der Waals surface area contributed by atoms with E-state index in [4.69, 9.17) is 8.83 Å². The molecular formula is C14H14N2O5S. The molecule has 0 aliphatic carbocycles. The molecular weight excluding hydrogens is 308 g/mol. The molecule has 8 heteroatoms. The Morgan fingerprint density at radius 2 is 2.09 bits per heavy atom. The minimum Gasteiger partial charge on any atom is -0.468 e. The summed E-state index contributed by atoms with van der Waals surface area (Å²) in [7, 11) is -3.72. The van der Waals surface area contributed by atoms with Gasteiger partial charge in [0.1, 0.15) is 5.76 Å². The quantitative estimate of drug-likeness (QED) is 0.771. The second kappa shape index (κ2) is 5.47. The molecule has 1 N–H and O–H groups in total. The summed E-state index contributed by atoms with van der Waals surface area (Å²) < 4.78 is 38.5. The third kappa shape index (κ3) is 2.58. The van der Waals surface area contributed by atoms with E-state index in [0.29, 0.717) is 17.8 Å². The minimum absolute atomic E-state index is 0.0311. The molecule has 2 heterocycles. The summed E-state index contributed by atoms with van der Waals surface area (Å²) >= 11 is 0. The molecule has 0 radical (unpaired) electrons. The lowest BCUT2D eigenvalue weighted by atomic mass is 10.3. The summed E-state index contributed by atoms with van der Waals surface area (Å²) in [4.78, 5) is 11.7. The van der Waals surface area contributed by atoms with Crippen molar-refractivity contribution in [1.29, 1.82) is 0 Å². The maximum absolute atomic E-state index is 12.3. The van der Waals surface area contributed by atoms with E-state index in [1.807, 2.05) is 6.92 Å². The lowest BCUT2D eigenvalue weighted by molar-refractivity contribution is 0.498. The van der Waals surface area contributed by atoms with Crippen molar-refractivity contribution in [3.8, 4) is 0 Å². The number of nitrogens with zero attached hydrogens (tertiary/aromatic N) is 1. The second-order valence-corrected chi connectivity index (χ2v) is 6.41. The van der Waals surface area contributed by atoms with Crippen LogP contribution in [0.2, 0.25) is 0 Å². The van der Waals surface area contributed by atoms with Crippen LogP contribution in [0.15, 0.2) is 55.1 Å². The van der Waals surface area contributed by atoms with Gasteiger partial charge in [0.2, 0.25) is 10.0 Å². The number of fused-ring (bicyclic) bond motifs is 1. The molecule has 1 aromatic carbocycles. The van der Waals surface area contributed by atoms with Gasteiger partial charge in [-0.2, -0.15) is 0 Å². The van der Waals surface area contributed by atoms with Crippen molar-refractivity contribution in [2.45, 2.75) is 24.9 Å². The summed E-state index contributed by atoms with van der Waals surface area (Å²) in [6, 6.07) is 7.69. The van der Waals surface area contributed by atoms with E-state index in [9.17, 15) is 13.2 Å². The molecule has 7 nitrogen and oxygen atoms in total. The number of nitrogens with one attached hydrogen (secondary N) is 1. The molecule has 0 unspecified atom stereocenters. The van der Waals surface area contributed by atoms with Gasteiger partial charge in [-0.3, -0.25) is 4.57 Å². The summed E-state index contributed by atoms with van der Waals surface area (Å²) in [5.41, 5.74) is 0.810. The lowest BCUT2D eigenvalue weighted by Gasteiger charge is -2.05. The van der Waals surface area contributed by atoms with Crippen molar-refractivity contribution in [3.63, 3.8) is 0 Å². The van der Waals surface area contributed by atoms with Gasteiger partial charge in [0.25, 0.3) is 0 Å². The molecule has 3 rings (SSSR count). The van der Waals surface area contributed by atoms with Crippen molar-refractivity contribution < 1.29 is 17.3 Å². The van der Waals surface area contributed by atoms with Gasteiger partial charge < -0.3 is 8.83 Å². The van der Waals surface area contributed by atoms with Crippen LogP contribution in [0.25, 0.3) is 11.1 Å². The second-order valence-electron chi connectivity index (χ2n) is 4.65. The van der Waals surface area contributed by atoms with Crippen molar-refractivity contribution in [3.05, 3.63) is 52.9 Å². The Hall–Kier alpha value is -2.32. The zero-order chi connectivity index (χ0) is 15.7. The standard InChI is InChI=1S/C14H14N2O5S/c1-2-16-12-6-5-11(8-13(12)21-14(16)17)22(18,19)15-9-10-4-3-7-20-10/h3-8,15H,2,9H2,1H3. The highest BCUT2D eigenvalue weighted by Gasteiger charge is 2.17. The number of hydrogen-bond acceptors (Lipinski definition) is 5. The van der Waals surface area contributed by atoms with Crippen molar-refractivity contribution in [2.75, 3.05) is 0 Å². The number of rotatable bonds is 5. The average molecular weight is 322 g/mol. The smallest absolute Gasteiger partial charge is 0.419 e. The third-order valence-corrected chi connectivity index (χ3v) is 4.68. The largest absolute Gasteiger partial charge is 0.468 e. The van der Waals surface area contributed by atoms with E-state index >= 15 is 0 Å². The van der Waals surface area contributed by atoms with Crippen LogP contribution in [0.5, 0.6) is 0 Å². The predicted molar refractivity (Wildman–Crippen MR) is 78.9 cm³/mol. The number of aromatic nitrogens is 1. The highest BCUT2D eigenvalue weighted by molar-refractivity contribution is 7.89. The fourth-order valence-corrected chi connectivity index (χ4v) is 3.18. The first-order chi connectivity index (χ1) is 10.5. The SMILES string of the molecule is CCn1c(=O)oc2cc(S(=O)(=O)NCc3ccco3)ccc21. The Morgan fingerprint density at radius 1 is 1.27 bits per heavy atom. The Kier molecular flexibility index (Phi) is 3.63. The van der Waals surface area contributed by atoms with Gasteiger partial charge in [0, 0.05) is 12.6 Å². The van der Waals surface area contributed by atoms with Gasteiger partial charge in [-0.1, -0.05) is 0 Å². The van der Waals surface area contributed by atoms with E-state index in [1.165, 1.54) is 23.0 Å². The van der Waals surface area contributed by atoms with E-state index in [2.05, 4.69) is 4.72 Å². The zero-order valence-corrected chi connectivity index (χ0v) is 12.6. The third-order valence-electron chi connectivity index (χ3n) is 3.28. The van der Waals surface area contributed by atoms with Crippen molar-refractivity contribution >= 4 is 21.1 Å². The lowest BCUT2D eigenvalue weighted by Crippen LogP contribution is -2.22. The Morgan fingerprint density at radius 3 is 2.77 bits per heavy atom. The molecule has 0 fully saturated rings. The van der Waals surface area contributed by atoms with Gasteiger partial charge in [0.15, 0.2) is 5.58 Å². The van der Waals surface area contributed by atoms with Gasteiger partial charge >= 0.3 is 5.76 Å². The molecule has 22 heavy (non-hydrogen) atoms. The van der Waals surface area contributed by atoms with Crippen molar-refractivity contribution in [2.24, 2.45) is 0 Å². The molecule has 0 spiro atoms. The van der Waals surface area contributed by atoms with Crippen LogP contribution in [-0.2, 0) is 23.1 Å². The Balaban J connectivity index is 1.93. The number of furan rings is 1. The minimum atomic E-state index is -3.72. The first-order valence-corrected chi connectivity index (χ1v) is 8.15. The highest BCUT2D eigenvalue weighted by Crippen LogP contribution is 2.18. The van der Waals surface area contributed by atoms with Gasteiger partial charge in [-0.05, 0) is 31.2 Å². The highest BCUT2D eigenvalue weighted by atomic mass is 32.2. The Bertz CT molecular complexity index is 951. The number of benzene rings is 1.